The average molecular weight is 360 g/mol. The SMILES string of the molecule is CCCCCCCCOc1ccc2c3c(cccc13)COP(OC)C2. The highest BCUT2D eigenvalue weighted by Gasteiger charge is 2.20. The molecule has 1 aliphatic heterocycles. The Kier molecular flexibility index (Phi) is 7.10. The van der Waals surface area contributed by atoms with Crippen molar-refractivity contribution >= 4 is 19.1 Å². The number of benzene rings is 2. The first-order valence-electron chi connectivity index (χ1n) is 9.44. The summed E-state index contributed by atoms with van der Waals surface area (Å²) in [5, 5.41) is 2.50. The second kappa shape index (κ2) is 9.52. The normalized spacial score (nSPS) is 16.8. The lowest BCUT2D eigenvalue weighted by molar-refractivity contribution is 0.276. The molecule has 0 saturated heterocycles. The van der Waals surface area contributed by atoms with Crippen molar-refractivity contribution in [3.8, 4) is 5.75 Å². The second-order valence-corrected chi connectivity index (χ2v) is 8.23. The lowest BCUT2D eigenvalue weighted by Gasteiger charge is -2.14. The maximum absolute atomic E-state index is 6.13. The largest absolute Gasteiger partial charge is 0.493 e. The highest BCUT2D eigenvalue weighted by molar-refractivity contribution is 7.46. The van der Waals surface area contributed by atoms with Crippen molar-refractivity contribution in [3.63, 3.8) is 0 Å². The number of hydrogen-bond donors (Lipinski definition) is 0. The van der Waals surface area contributed by atoms with Gasteiger partial charge in [-0.1, -0.05) is 63.3 Å². The molecule has 0 bridgehead atoms. The molecule has 0 N–H and O–H groups in total. The van der Waals surface area contributed by atoms with Gasteiger partial charge in [0.2, 0.25) is 0 Å². The van der Waals surface area contributed by atoms with Crippen LogP contribution in [0.15, 0.2) is 30.3 Å². The molecule has 25 heavy (non-hydrogen) atoms. The highest BCUT2D eigenvalue weighted by Crippen LogP contribution is 2.47. The number of ether oxygens (including phenoxy) is 1. The van der Waals surface area contributed by atoms with E-state index in [-0.39, 0.29) is 0 Å². The zero-order valence-electron chi connectivity index (χ0n) is 15.4. The van der Waals surface area contributed by atoms with Crippen LogP contribution < -0.4 is 4.74 Å². The first-order chi connectivity index (χ1) is 12.3. The van der Waals surface area contributed by atoms with Gasteiger partial charge in [0.1, 0.15) is 5.75 Å². The maximum Gasteiger partial charge on any atom is 0.175 e. The van der Waals surface area contributed by atoms with E-state index in [1.165, 1.54) is 54.0 Å². The Hall–Kier alpha value is -1.15. The van der Waals surface area contributed by atoms with Crippen LogP contribution >= 0.6 is 8.38 Å². The third-order valence-corrected chi connectivity index (χ3v) is 6.22. The molecule has 1 unspecified atom stereocenters. The van der Waals surface area contributed by atoms with Crippen LogP contribution in [-0.2, 0) is 21.8 Å². The third kappa shape index (κ3) is 4.73. The molecule has 2 aromatic carbocycles. The van der Waals surface area contributed by atoms with Gasteiger partial charge in [-0.05, 0) is 29.0 Å². The fourth-order valence-corrected chi connectivity index (χ4v) is 4.57. The van der Waals surface area contributed by atoms with Crippen molar-refractivity contribution in [1.82, 2.24) is 0 Å². The van der Waals surface area contributed by atoms with Crippen LogP contribution in [0.5, 0.6) is 5.75 Å². The van der Waals surface area contributed by atoms with E-state index in [1.807, 2.05) is 0 Å². The van der Waals surface area contributed by atoms with E-state index in [2.05, 4.69) is 37.3 Å². The Balaban J connectivity index is 1.69. The molecule has 136 valence electrons. The van der Waals surface area contributed by atoms with Crippen molar-refractivity contribution in [2.75, 3.05) is 13.7 Å². The predicted molar refractivity (Wildman–Crippen MR) is 105 cm³/mol. The Labute approximate surface area is 152 Å². The van der Waals surface area contributed by atoms with Crippen LogP contribution in [0.1, 0.15) is 56.6 Å². The van der Waals surface area contributed by atoms with Crippen molar-refractivity contribution < 1.29 is 13.8 Å². The number of hydrogen-bond acceptors (Lipinski definition) is 3. The molecule has 0 aromatic heterocycles. The molecule has 4 heteroatoms. The Morgan fingerprint density at radius 3 is 2.68 bits per heavy atom. The zero-order chi connectivity index (χ0) is 17.5. The summed E-state index contributed by atoms with van der Waals surface area (Å²) in [5.74, 6) is 0.998. The van der Waals surface area contributed by atoms with Gasteiger partial charge < -0.3 is 13.8 Å². The van der Waals surface area contributed by atoms with Gasteiger partial charge in [0.25, 0.3) is 0 Å². The van der Waals surface area contributed by atoms with Crippen LogP contribution in [0.3, 0.4) is 0 Å². The first-order valence-corrected chi connectivity index (χ1v) is 10.8. The second-order valence-electron chi connectivity index (χ2n) is 6.63. The summed E-state index contributed by atoms with van der Waals surface area (Å²) in [6, 6.07) is 10.7. The van der Waals surface area contributed by atoms with Gasteiger partial charge >= 0.3 is 0 Å². The monoisotopic (exact) mass is 360 g/mol. The van der Waals surface area contributed by atoms with Crippen LogP contribution in [0, 0.1) is 0 Å². The minimum absolute atomic E-state index is 0.616. The summed E-state index contributed by atoms with van der Waals surface area (Å²) in [7, 11) is 0.893. The fraction of sp³-hybridized carbons (Fsp3) is 0.524. The fourth-order valence-electron chi connectivity index (χ4n) is 3.42. The lowest BCUT2D eigenvalue weighted by atomic mass is 9.99. The van der Waals surface area contributed by atoms with E-state index in [0.717, 1.165) is 24.9 Å². The van der Waals surface area contributed by atoms with Crippen LogP contribution in [0.25, 0.3) is 10.8 Å². The molecule has 0 spiro atoms. The molecule has 1 aliphatic rings. The molecular formula is C21H29O3P. The Morgan fingerprint density at radius 2 is 1.84 bits per heavy atom. The van der Waals surface area contributed by atoms with Crippen molar-refractivity contribution in [2.24, 2.45) is 0 Å². The molecule has 1 heterocycles. The molecule has 3 rings (SSSR count). The summed E-state index contributed by atoms with van der Waals surface area (Å²) in [4.78, 5) is 0. The summed E-state index contributed by atoms with van der Waals surface area (Å²) >= 11 is 0. The predicted octanol–water partition coefficient (Wildman–Crippen LogP) is 6.57. The van der Waals surface area contributed by atoms with E-state index >= 15 is 0 Å². The van der Waals surface area contributed by atoms with Gasteiger partial charge in [0, 0.05) is 18.7 Å². The van der Waals surface area contributed by atoms with Gasteiger partial charge in [-0.25, -0.2) is 0 Å². The Morgan fingerprint density at radius 1 is 1.00 bits per heavy atom. The van der Waals surface area contributed by atoms with E-state index < -0.39 is 8.38 Å². The van der Waals surface area contributed by atoms with Gasteiger partial charge in [-0.3, -0.25) is 0 Å². The van der Waals surface area contributed by atoms with E-state index in [4.69, 9.17) is 13.8 Å². The minimum Gasteiger partial charge on any atom is -0.493 e. The van der Waals surface area contributed by atoms with Crippen LogP contribution in [0.2, 0.25) is 0 Å². The van der Waals surface area contributed by atoms with Crippen LogP contribution in [0.4, 0.5) is 0 Å². The van der Waals surface area contributed by atoms with Gasteiger partial charge in [0.15, 0.2) is 8.38 Å². The molecule has 0 radical (unpaired) electrons. The number of rotatable bonds is 9. The smallest absolute Gasteiger partial charge is 0.175 e. The molecule has 3 nitrogen and oxygen atoms in total. The summed E-state index contributed by atoms with van der Waals surface area (Å²) in [6.45, 7) is 3.67. The molecule has 2 aromatic rings. The zero-order valence-corrected chi connectivity index (χ0v) is 16.3. The summed E-state index contributed by atoms with van der Waals surface area (Å²) in [5.41, 5.74) is 2.54. The molecule has 1 atom stereocenters. The molecule has 0 aliphatic carbocycles. The van der Waals surface area contributed by atoms with E-state index in [0.29, 0.717) is 6.61 Å². The molecular weight excluding hydrogens is 331 g/mol. The number of unbranched alkanes of at least 4 members (excludes halogenated alkanes) is 5. The van der Waals surface area contributed by atoms with Gasteiger partial charge in [0.05, 0.1) is 13.2 Å². The minimum atomic E-state index is -0.840. The highest BCUT2D eigenvalue weighted by atomic mass is 31.2. The summed E-state index contributed by atoms with van der Waals surface area (Å²) in [6.07, 6.45) is 8.54. The lowest BCUT2D eigenvalue weighted by Crippen LogP contribution is -1.99. The summed E-state index contributed by atoms with van der Waals surface area (Å²) < 4.78 is 17.5. The standard InChI is InChI=1S/C21H29O3P/c1-3-4-5-6-7-8-14-23-20-13-12-18-16-25(22-2)24-15-17-10-9-11-19(20)21(17)18/h9-13H,3-8,14-16H2,1-2H3. The van der Waals surface area contributed by atoms with Crippen molar-refractivity contribution in [3.05, 3.63) is 41.5 Å². The first kappa shape index (κ1) is 18.6. The quantitative estimate of drug-likeness (QED) is 0.374. The molecule has 0 saturated carbocycles. The Bertz CT molecular complexity index is 686. The molecule has 0 amide bonds. The maximum atomic E-state index is 6.13. The topological polar surface area (TPSA) is 27.7 Å². The van der Waals surface area contributed by atoms with Crippen molar-refractivity contribution in [1.29, 1.82) is 0 Å². The van der Waals surface area contributed by atoms with Gasteiger partial charge in [-0.15, -0.1) is 0 Å². The van der Waals surface area contributed by atoms with Crippen LogP contribution in [-0.4, -0.2) is 13.7 Å². The van der Waals surface area contributed by atoms with E-state index in [9.17, 15) is 0 Å². The molecule has 0 fully saturated rings. The van der Waals surface area contributed by atoms with Crippen molar-refractivity contribution in [2.45, 2.75) is 58.2 Å². The average Bonchev–Trinajstić information content (AvgIpc) is 2.83. The van der Waals surface area contributed by atoms with Gasteiger partial charge in [-0.2, -0.15) is 0 Å². The van der Waals surface area contributed by atoms with E-state index in [1.54, 1.807) is 7.11 Å². The third-order valence-electron chi connectivity index (χ3n) is 4.80.